The number of rotatable bonds is 5. The second-order valence-corrected chi connectivity index (χ2v) is 6.83. The van der Waals surface area contributed by atoms with Gasteiger partial charge in [-0.15, -0.1) is 0 Å². The molecule has 0 radical (unpaired) electrons. The number of aromatic nitrogens is 3. The molecule has 1 saturated carbocycles. The van der Waals surface area contributed by atoms with Gasteiger partial charge >= 0.3 is 0 Å². The fourth-order valence-electron chi connectivity index (χ4n) is 2.81. The molecule has 0 saturated heterocycles. The number of hydrogen-bond acceptors (Lipinski definition) is 3. The minimum Gasteiger partial charge on any atom is -0.329 e. The van der Waals surface area contributed by atoms with Crippen molar-refractivity contribution in [2.75, 3.05) is 0 Å². The average molecular weight is 389 g/mol. The fourth-order valence-corrected chi connectivity index (χ4v) is 3.08. The first-order valence-corrected chi connectivity index (χ1v) is 8.50. The molecule has 1 amide bonds. The predicted molar refractivity (Wildman–Crippen MR) is 90.0 cm³/mol. The Kier molecular flexibility index (Phi) is 4.97. The van der Waals surface area contributed by atoms with E-state index in [1.165, 1.54) is 17.9 Å². The van der Waals surface area contributed by atoms with Crippen molar-refractivity contribution in [3.05, 3.63) is 45.5 Å². The van der Waals surface area contributed by atoms with Crippen molar-refractivity contribution in [2.45, 2.75) is 38.3 Å². The zero-order chi connectivity index (χ0) is 18.3. The molecule has 1 aliphatic rings. The summed E-state index contributed by atoms with van der Waals surface area (Å²) >= 11 is 11.9. The Morgan fingerprint density at radius 3 is 2.64 bits per heavy atom. The molecule has 0 aliphatic heterocycles. The molecule has 134 valence electrons. The lowest BCUT2D eigenvalue weighted by Gasteiger charge is -2.29. The van der Waals surface area contributed by atoms with Crippen molar-refractivity contribution >= 4 is 29.1 Å². The molecular formula is C16H16Cl2F2N4O. The first kappa shape index (κ1) is 18.1. The standard InChI is InChI=1S/C16H16Cl2F2N4O/c1-8(9-5-12(17)14(18)21-6-9)24(10-3-4-10)16(25)11-7-23(2)22-13(11)15(19)20/h5-8,10,15H,3-4H2,1-2H3. The SMILES string of the molecule is CC(c1cnc(Cl)c(Cl)c1)N(C(=O)c1cn(C)nc1C(F)F)C1CC1. The highest BCUT2D eigenvalue weighted by Gasteiger charge is 2.39. The van der Waals surface area contributed by atoms with Gasteiger partial charge in [0.2, 0.25) is 0 Å². The summed E-state index contributed by atoms with van der Waals surface area (Å²) in [5.74, 6) is -0.468. The molecule has 1 fully saturated rings. The molecule has 3 rings (SSSR count). The maximum absolute atomic E-state index is 13.2. The molecule has 1 aliphatic carbocycles. The lowest BCUT2D eigenvalue weighted by Crippen LogP contribution is -2.36. The molecule has 2 aromatic rings. The van der Waals surface area contributed by atoms with E-state index in [2.05, 4.69) is 10.1 Å². The van der Waals surface area contributed by atoms with Gasteiger partial charge in [-0.05, 0) is 31.4 Å². The summed E-state index contributed by atoms with van der Waals surface area (Å²) in [7, 11) is 1.51. The van der Waals surface area contributed by atoms with Crippen molar-refractivity contribution < 1.29 is 13.6 Å². The maximum atomic E-state index is 13.2. The van der Waals surface area contributed by atoms with Crippen molar-refractivity contribution in [2.24, 2.45) is 7.05 Å². The van der Waals surface area contributed by atoms with Crippen LogP contribution in [0.2, 0.25) is 10.2 Å². The van der Waals surface area contributed by atoms with Crippen molar-refractivity contribution in [3.8, 4) is 0 Å². The number of alkyl halides is 2. The molecule has 0 bridgehead atoms. The Morgan fingerprint density at radius 2 is 2.08 bits per heavy atom. The number of aryl methyl sites for hydroxylation is 1. The number of halogens is 4. The van der Waals surface area contributed by atoms with Gasteiger partial charge in [0, 0.05) is 25.5 Å². The summed E-state index contributed by atoms with van der Waals surface area (Å²) < 4.78 is 27.7. The van der Waals surface area contributed by atoms with Crippen LogP contribution in [0.25, 0.3) is 0 Å². The van der Waals surface area contributed by atoms with Gasteiger partial charge in [0.1, 0.15) is 10.8 Å². The molecule has 1 unspecified atom stereocenters. The van der Waals surface area contributed by atoms with E-state index in [4.69, 9.17) is 23.2 Å². The van der Waals surface area contributed by atoms with Gasteiger partial charge in [-0.25, -0.2) is 13.8 Å². The van der Waals surface area contributed by atoms with Crippen molar-refractivity contribution in [1.29, 1.82) is 0 Å². The highest BCUT2D eigenvalue weighted by Crippen LogP contribution is 2.37. The number of carbonyl (C=O) groups excluding carboxylic acids is 1. The molecular weight excluding hydrogens is 373 g/mol. The molecule has 9 heteroatoms. The van der Waals surface area contributed by atoms with Crippen molar-refractivity contribution in [1.82, 2.24) is 19.7 Å². The van der Waals surface area contributed by atoms with Crippen LogP contribution < -0.4 is 0 Å². The Hall–Kier alpha value is -1.73. The largest absolute Gasteiger partial charge is 0.329 e. The molecule has 5 nitrogen and oxygen atoms in total. The van der Waals surface area contributed by atoms with Gasteiger partial charge in [0.05, 0.1) is 16.6 Å². The van der Waals surface area contributed by atoms with E-state index in [9.17, 15) is 13.6 Å². The van der Waals surface area contributed by atoms with E-state index in [-0.39, 0.29) is 27.8 Å². The molecule has 2 aromatic heterocycles. The summed E-state index contributed by atoms with van der Waals surface area (Å²) in [6.45, 7) is 1.82. The molecule has 0 spiro atoms. The van der Waals surface area contributed by atoms with E-state index >= 15 is 0 Å². The number of hydrogen-bond donors (Lipinski definition) is 0. The second-order valence-electron chi connectivity index (χ2n) is 6.06. The van der Waals surface area contributed by atoms with Crippen LogP contribution in [0.5, 0.6) is 0 Å². The van der Waals surface area contributed by atoms with Crippen LogP contribution in [0.1, 0.15) is 53.8 Å². The van der Waals surface area contributed by atoms with Gasteiger partial charge in [0.25, 0.3) is 12.3 Å². The quantitative estimate of drug-likeness (QED) is 0.712. The minimum atomic E-state index is -2.82. The Morgan fingerprint density at radius 1 is 1.40 bits per heavy atom. The van der Waals surface area contributed by atoms with Gasteiger partial charge in [0.15, 0.2) is 0 Å². The van der Waals surface area contributed by atoms with Crippen LogP contribution in [0.15, 0.2) is 18.5 Å². The zero-order valence-electron chi connectivity index (χ0n) is 13.6. The van der Waals surface area contributed by atoms with Crippen LogP contribution in [-0.4, -0.2) is 31.6 Å². The topological polar surface area (TPSA) is 51.0 Å². The molecule has 0 aromatic carbocycles. The maximum Gasteiger partial charge on any atom is 0.282 e. The Labute approximate surface area is 153 Å². The Bertz CT molecular complexity index is 807. The molecule has 2 heterocycles. The minimum absolute atomic E-state index is 0.00248. The lowest BCUT2D eigenvalue weighted by atomic mass is 10.1. The van der Waals surface area contributed by atoms with Crippen LogP contribution in [0.3, 0.4) is 0 Å². The van der Waals surface area contributed by atoms with Crippen LogP contribution in [-0.2, 0) is 7.05 Å². The molecule has 25 heavy (non-hydrogen) atoms. The van der Waals surface area contributed by atoms with Gasteiger partial charge < -0.3 is 4.90 Å². The summed E-state index contributed by atoms with van der Waals surface area (Å²) in [5.41, 5.74) is 0.110. The van der Waals surface area contributed by atoms with E-state index < -0.39 is 18.0 Å². The first-order chi connectivity index (χ1) is 11.8. The summed E-state index contributed by atoms with van der Waals surface area (Å²) in [4.78, 5) is 18.6. The lowest BCUT2D eigenvalue weighted by molar-refractivity contribution is 0.0662. The van der Waals surface area contributed by atoms with Crippen LogP contribution in [0.4, 0.5) is 8.78 Å². The van der Waals surface area contributed by atoms with Gasteiger partial charge in [-0.2, -0.15) is 5.10 Å². The molecule has 0 N–H and O–H groups in total. The number of amides is 1. The highest BCUT2D eigenvalue weighted by atomic mass is 35.5. The smallest absolute Gasteiger partial charge is 0.282 e. The van der Waals surface area contributed by atoms with E-state index in [0.717, 1.165) is 12.8 Å². The Balaban J connectivity index is 1.96. The van der Waals surface area contributed by atoms with Gasteiger partial charge in [-0.3, -0.25) is 9.48 Å². The summed E-state index contributed by atoms with van der Waals surface area (Å²) in [5, 5.41) is 4.18. The summed E-state index contributed by atoms with van der Waals surface area (Å²) in [6.07, 6.45) is 1.71. The third-order valence-electron chi connectivity index (χ3n) is 4.19. The number of nitrogens with zero attached hydrogens (tertiary/aromatic N) is 4. The van der Waals surface area contributed by atoms with E-state index in [1.807, 2.05) is 6.92 Å². The third kappa shape index (κ3) is 3.62. The summed E-state index contributed by atoms with van der Waals surface area (Å²) in [6, 6.07) is 1.26. The molecule has 1 atom stereocenters. The van der Waals surface area contributed by atoms with E-state index in [1.54, 1.807) is 17.2 Å². The number of pyridine rings is 1. The van der Waals surface area contributed by atoms with E-state index in [0.29, 0.717) is 5.56 Å². The van der Waals surface area contributed by atoms with Gasteiger partial charge in [-0.1, -0.05) is 23.2 Å². The van der Waals surface area contributed by atoms with Crippen LogP contribution >= 0.6 is 23.2 Å². The first-order valence-electron chi connectivity index (χ1n) is 7.75. The van der Waals surface area contributed by atoms with Crippen molar-refractivity contribution in [3.63, 3.8) is 0 Å². The predicted octanol–water partition coefficient (Wildman–Crippen LogP) is 4.43. The van der Waals surface area contributed by atoms with Crippen LogP contribution in [0, 0.1) is 0 Å². The number of carbonyl (C=O) groups is 1. The monoisotopic (exact) mass is 388 g/mol. The fraction of sp³-hybridized carbons (Fsp3) is 0.438. The zero-order valence-corrected chi connectivity index (χ0v) is 15.1. The highest BCUT2D eigenvalue weighted by molar-refractivity contribution is 6.41. The normalized spacial score (nSPS) is 15.5. The second kappa shape index (κ2) is 6.88. The third-order valence-corrected chi connectivity index (χ3v) is 4.87. The average Bonchev–Trinajstić information content (AvgIpc) is 3.30.